The molecule has 8 nitrogen and oxygen atoms in total. The zero-order valence-corrected chi connectivity index (χ0v) is 17.7. The number of para-hydroxylation sites is 1. The van der Waals surface area contributed by atoms with E-state index in [4.69, 9.17) is 16.9 Å². The van der Waals surface area contributed by atoms with Crippen LogP contribution in [0, 0.1) is 12.3 Å². The Morgan fingerprint density at radius 3 is 2.55 bits per heavy atom. The van der Waals surface area contributed by atoms with E-state index in [1.54, 1.807) is 50.6 Å². The number of rotatable bonds is 4. The average Bonchev–Trinajstić information content (AvgIpc) is 3.43. The number of amides is 1. The van der Waals surface area contributed by atoms with Gasteiger partial charge in [0.1, 0.15) is 22.8 Å². The predicted octanol–water partition coefficient (Wildman–Crippen LogP) is 2.97. The molecule has 1 atom stereocenters. The number of carbonyl (C=O) groups excluding carboxylic acids is 1. The minimum Gasteiger partial charge on any atom is -0.457 e. The average molecular weight is 439 g/mol. The van der Waals surface area contributed by atoms with Gasteiger partial charge in [-0.15, -0.1) is 6.42 Å². The zero-order chi connectivity index (χ0) is 22.9. The summed E-state index contributed by atoms with van der Waals surface area (Å²) in [5.74, 6) is 3.39. The van der Waals surface area contributed by atoms with Crippen LogP contribution in [0.2, 0.25) is 0 Å². The van der Waals surface area contributed by atoms with E-state index < -0.39 is 0 Å². The maximum Gasteiger partial charge on any atom is 0.334 e. The highest BCUT2D eigenvalue weighted by atomic mass is 16.5. The molecule has 8 heteroatoms. The number of nitrogens with zero attached hydrogens (tertiary/aromatic N) is 4. The summed E-state index contributed by atoms with van der Waals surface area (Å²) in [6, 6.07) is 18.2. The molecule has 1 aliphatic rings. The Kier molecular flexibility index (Phi) is 5.07. The fourth-order valence-corrected chi connectivity index (χ4v) is 4.30. The molecule has 2 N–H and O–H groups in total. The van der Waals surface area contributed by atoms with Crippen LogP contribution in [-0.2, 0) is 4.79 Å². The van der Waals surface area contributed by atoms with E-state index in [-0.39, 0.29) is 23.5 Å². The number of hydrogen-bond acceptors (Lipinski definition) is 5. The van der Waals surface area contributed by atoms with Crippen LogP contribution in [0.3, 0.4) is 0 Å². The van der Waals surface area contributed by atoms with E-state index in [9.17, 15) is 9.59 Å². The van der Waals surface area contributed by atoms with Crippen LogP contribution in [-0.4, -0.2) is 38.0 Å². The number of anilines is 1. The number of ether oxygens (including phenoxy) is 1. The van der Waals surface area contributed by atoms with Gasteiger partial charge in [0.2, 0.25) is 0 Å². The molecule has 0 spiro atoms. The lowest BCUT2D eigenvalue weighted by Gasteiger charge is -2.14. The second kappa shape index (κ2) is 8.20. The van der Waals surface area contributed by atoms with Gasteiger partial charge >= 0.3 is 5.69 Å². The molecule has 0 aliphatic carbocycles. The molecule has 2 aromatic carbocycles. The first-order valence-corrected chi connectivity index (χ1v) is 10.5. The summed E-state index contributed by atoms with van der Waals surface area (Å²) < 4.78 is 9.10. The van der Waals surface area contributed by atoms with Gasteiger partial charge in [-0.25, -0.2) is 9.78 Å². The predicted molar refractivity (Wildman–Crippen MR) is 125 cm³/mol. The number of nitrogen functional groups attached to an aromatic ring is 1. The lowest BCUT2D eigenvalue weighted by atomic mass is 10.2. The number of terminal acetylenes is 1. The first kappa shape index (κ1) is 20.4. The molecule has 1 aliphatic heterocycles. The number of benzene rings is 2. The standard InChI is InChI=1S/C25H21N5O3/c1-2-22(31)28-15-13-18(16-28)29-21-12-14-27-24(26)23(21)30(25(29)32)17-8-10-20(11-9-17)33-19-6-4-3-5-7-19/h1,3-12,14,18H,13,15-16H2,(H2,26,27)/t18-/m1/s1. The molecule has 0 saturated carbocycles. The van der Waals surface area contributed by atoms with Crippen molar-refractivity contribution in [3.63, 3.8) is 0 Å². The van der Waals surface area contributed by atoms with Gasteiger partial charge in [0.05, 0.1) is 17.2 Å². The van der Waals surface area contributed by atoms with Crippen molar-refractivity contribution < 1.29 is 9.53 Å². The summed E-state index contributed by atoms with van der Waals surface area (Å²) in [4.78, 5) is 31.3. The van der Waals surface area contributed by atoms with E-state index in [0.29, 0.717) is 42.0 Å². The largest absolute Gasteiger partial charge is 0.457 e. The fraction of sp³-hybridized carbons (Fsp3) is 0.160. The SMILES string of the molecule is C#CC(=O)N1CC[C@@H](n2c(=O)n(-c3ccc(Oc4ccccc4)cc3)c3c(N)nccc32)C1. The minimum atomic E-state index is -0.371. The topological polar surface area (TPSA) is 95.4 Å². The van der Waals surface area contributed by atoms with Crippen LogP contribution in [0.15, 0.2) is 71.7 Å². The quantitative estimate of drug-likeness (QED) is 0.493. The van der Waals surface area contributed by atoms with Crippen molar-refractivity contribution in [3.8, 4) is 29.5 Å². The molecular weight excluding hydrogens is 418 g/mol. The third-order valence-electron chi connectivity index (χ3n) is 5.82. The summed E-state index contributed by atoms with van der Waals surface area (Å²) in [6.07, 6.45) is 7.47. The van der Waals surface area contributed by atoms with Crippen LogP contribution >= 0.6 is 0 Å². The van der Waals surface area contributed by atoms with E-state index >= 15 is 0 Å². The third kappa shape index (κ3) is 3.59. The third-order valence-corrected chi connectivity index (χ3v) is 5.82. The lowest BCUT2D eigenvalue weighted by Crippen LogP contribution is -2.31. The fourth-order valence-electron chi connectivity index (χ4n) is 4.30. The molecule has 0 unspecified atom stereocenters. The highest BCUT2D eigenvalue weighted by molar-refractivity contribution is 5.93. The Morgan fingerprint density at radius 1 is 1.09 bits per heavy atom. The smallest absolute Gasteiger partial charge is 0.334 e. The second-order valence-electron chi connectivity index (χ2n) is 7.80. The molecule has 1 fully saturated rings. The highest BCUT2D eigenvalue weighted by Crippen LogP contribution is 2.29. The molecule has 5 rings (SSSR count). The molecule has 164 valence electrons. The summed E-state index contributed by atoms with van der Waals surface area (Å²) >= 11 is 0. The van der Waals surface area contributed by atoms with Crippen molar-refractivity contribution in [1.29, 1.82) is 0 Å². The van der Waals surface area contributed by atoms with Gasteiger partial charge in [0.25, 0.3) is 5.91 Å². The van der Waals surface area contributed by atoms with Crippen molar-refractivity contribution in [2.75, 3.05) is 18.8 Å². The van der Waals surface area contributed by atoms with Gasteiger partial charge in [0.15, 0.2) is 0 Å². The molecule has 1 saturated heterocycles. The first-order valence-electron chi connectivity index (χ1n) is 10.5. The summed E-state index contributed by atoms with van der Waals surface area (Å²) in [7, 11) is 0. The Balaban J connectivity index is 1.55. The second-order valence-corrected chi connectivity index (χ2v) is 7.80. The Morgan fingerprint density at radius 2 is 1.82 bits per heavy atom. The number of aromatic nitrogens is 3. The van der Waals surface area contributed by atoms with Crippen LogP contribution in [0.4, 0.5) is 5.82 Å². The lowest BCUT2D eigenvalue weighted by molar-refractivity contribution is -0.124. The van der Waals surface area contributed by atoms with Crippen LogP contribution < -0.4 is 16.2 Å². The van der Waals surface area contributed by atoms with E-state index in [1.165, 1.54) is 0 Å². The number of likely N-dealkylation sites (tertiary alicyclic amines) is 1. The maximum atomic E-state index is 13.6. The monoisotopic (exact) mass is 439 g/mol. The van der Waals surface area contributed by atoms with Gasteiger partial charge < -0.3 is 15.4 Å². The summed E-state index contributed by atoms with van der Waals surface area (Å²) in [5.41, 5.74) is 7.79. The normalized spacial score (nSPS) is 15.5. The first-order chi connectivity index (χ1) is 16.1. The van der Waals surface area contributed by atoms with Crippen LogP contribution in [0.5, 0.6) is 11.5 Å². The van der Waals surface area contributed by atoms with Gasteiger partial charge in [-0.2, -0.15) is 0 Å². The number of carbonyl (C=O) groups is 1. The van der Waals surface area contributed by atoms with Crippen molar-refractivity contribution >= 4 is 22.8 Å². The number of nitrogens with two attached hydrogens (primary N) is 1. The van der Waals surface area contributed by atoms with Crippen molar-refractivity contribution in [2.24, 2.45) is 0 Å². The van der Waals surface area contributed by atoms with Gasteiger partial charge in [-0.05, 0) is 54.8 Å². The zero-order valence-electron chi connectivity index (χ0n) is 17.7. The van der Waals surface area contributed by atoms with Gasteiger partial charge in [0, 0.05) is 19.3 Å². The number of hydrogen-bond donors (Lipinski definition) is 1. The Bertz CT molecular complexity index is 1430. The van der Waals surface area contributed by atoms with Crippen molar-refractivity contribution in [2.45, 2.75) is 12.5 Å². The molecule has 2 aromatic heterocycles. The molecular formula is C25H21N5O3. The molecule has 3 heterocycles. The van der Waals surface area contributed by atoms with E-state index in [2.05, 4.69) is 10.9 Å². The van der Waals surface area contributed by atoms with Crippen molar-refractivity contribution in [3.05, 3.63) is 77.3 Å². The van der Waals surface area contributed by atoms with Gasteiger partial charge in [-0.1, -0.05) is 18.2 Å². The van der Waals surface area contributed by atoms with Gasteiger partial charge in [-0.3, -0.25) is 13.9 Å². The van der Waals surface area contributed by atoms with E-state index in [1.807, 2.05) is 30.3 Å². The highest BCUT2D eigenvalue weighted by Gasteiger charge is 2.30. The molecule has 1 amide bonds. The number of pyridine rings is 1. The van der Waals surface area contributed by atoms with Crippen LogP contribution in [0.1, 0.15) is 12.5 Å². The molecule has 4 aromatic rings. The number of fused-ring (bicyclic) bond motifs is 1. The molecule has 0 radical (unpaired) electrons. The van der Waals surface area contributed by atoms with Crippen LogP contribution in [0.25, 0.3) is 16.7 Å². The minimum absolute atomic E-state index is 0.207. The Hall–Kier alpha value is -4.51. The maximum absolute atomic E-state index is 13.6. The summed E-state index contributed by atoms with van der Waals surface area (Å²) in [6.45, 7) is 0.868. The molecule has 0 bridgehead atoms. The van der Waals surface area contributed by atoms with Crippen molar-refractivity contribution in [1.82, 2.24) is 19.0 Å². The Labute approximate surface area is 189 Å². The summed E-state index contributed by atoms with van der Waals surface area (Å²) in [5, 5.41) is 0. The van der Waals surface area contributed by atoms with E-state index in [0.717, 1.165) is 5.75 Å². The molecule has 33 heavy (non-hydrogen) atoms. The number of imidazole rings is 1.